The molecule has 15 heavy (non-hydrogen) atoms. The molecule has 78 valence electrons. The minimum atomic E-state index is 0.846. The molecule has 0 atom stereocenters. The zero-order valence-corrected chi connectivity index (χ0v) is 9.24. The third kappa shape index (κ3) is 1.31. The summed E-state index contributed by atoms with van der Waals surface area (Å²) in [6.07, 6.45) is 1.75. The van der Waals surface area contributed by atoms with Gasteiger partial charge in [0.15, 0.2) is 0 Å². The summed E-state index contributed by atoms with van der Waals surface area (Å²) in [5.41, 5.74) is 3.15. The second-order valence-electron chi connectivity index (χ2n) is 3.52. The zero-order valence-electron chi connectivity index (χ0n) is 9.24. The maximum absolute atomic E-state index is 5.33. The average molecular weight is 202 g/mol. The molecule has 2 aromatic rings. The molecule has 0 aliphatic heterocycles. The molecule has 1 aromatic carbocycles. The van der Waals surface area contributed by atoms with Gasteiger partial charge in [-0.1, -0.05) is 12.6 Å². The third-order valence-electron chi connectivity index (χ3n) is 2.62. The number of hydrogen-bond donors (Lipinski definition) is 0. The lowest BCUT2D eigenvalue weighted by molar-refractivity contribution is 0.418. The Hall–Kier alpha value is -1.77. The summed E-state index contributed by atoms with van der Waals surface area (Å²) in [5, 5.41) is 0. The average Bonchev–Trinajstić information content (AvgIpc) is 2.58. The Morgan fingerprint density at radius 2 is 2.20 bits per heavy atom. The number of fused-ring (bicyclic) bond motifs is 1. The number of benzene rings is 1. The number of hydrogen-bond acceptors (Lipinski definition) is 2. The van der Waals surface area contributed by atoms with E-state index in [1.807, 2.05) is 30.7 Å². The molecular formula is C12H14N2O. The lowest BCUT2D eigenvalue weighted by atomic mass is 10.2. The molecule has 0 N–H and O–H groups in total. The number of aryl methyl sites for hydroxylation is 2. The van der Waals surface area contributed by atoms with Gasteiger partial charge in [0.1, 0.15) is 17.1 Å². The van der Waals surface area contributed by atoms with Gasteiger partial charge in [-0.05, 0) is 24.6 Å². The van der Waals surface area contributed by atoms with Crippen molar-refractivity contribution >= 4 is 17.1 Å². The highest BCUT2D eigenvalue weighted by atomic mass is 16.5. The summed E-state index contributed by atoms with van der Waals surface area (Å²) in [5.74, 6) is 1.70. The number of aromatic nitrogens is 2. The molecule has 0 fully saturated rings. The van der Waals surface area contributed by atoms with Gasteiger partial charge in [-0.25, -0.2) is 4.98 Å². The number of rotatable bonds is 2. The van der Waals surface area contributed by atoms with Crippen LogP contribution in [0.2, 0.25) is 0 Å². The maximum atomic E-state index is 5.33. The Balaban J connectivity index is 2.91. The molecular weight excluding hydrogens is 188 g/mol. The van der Waals surface area contributed by atoms with Crippen molar-refractivity contribution in [2.24, 2.45) is 7.05 Å². The lowest BCUT2D eigenvalue weighted by Crippen LogP contribution is -1.93. The van der Waals surface area contributed by atoms with Crippen LogP contribution >= 0.6 is 0 Å². The van der Waals surface area contributed by atoms with Gasteiger partial charge in [0.2, 0.25) is 0 Å². The SMILES string of the molecule is C=Cc1nc2c(C)ccc(OC)c2n1C. The number of nitrogens with zero attached hydrogens (tertiary/aromatic N) is 2. The van der Waals surface area contributed by atoms with Crippen molar-refractivity contribution in [3.05, 3.63) is 30.1 Å². The fourth-order valence-corrected chi connectivity index (χ4v) is 1.78. The van der Waals surface area contributed by atoms with E-state index in [0.717, 1.165) is 28.2 Å². The van der Waals surface area contributed by atoms with E-state index in [2.05, 4.69) is 11.6 Å². The first-order valence-corrected chi connectivity index (χ1v) is 4.81. The smallest absolute Gasteiger partial charge is 0.144 e. The van der Waals surface area contributed by atoms with E-state index in [1.165, 1.54) is 0 Å². The van der Waals surface area contributed by atoms with Crippen molar-refractivity contribution in [3.8, 4) is 5.75 Å². The van der Waals surface area contributed by atoms with E-state index in [4.69, 9.17) is 4.74 Å². The first-order chi connectivity index (χ1) is 7.19. The molecule has 1 heterocycles. The number of ether oxygens (including phenoxy) is 1. The van der Waals surface area contributed by atoms with Crippen molar-refractivity contribution < 1.29 is 4.74 Å². The number of methoxy groups -OCH3 is 1. The van der Waals surface area contributed by atoms with Crippen molar-refractivity contribution in [1.82, 2.24) is 9.55 Å². The van der Waals surface area contributed by atoms with E-state index in [1.54, 1.807) is 13.2 Å². The van der Waals surface area contributed by atoms with Crippen LogP contribution in [-0.4, -0.2) is 16.7 Å². The summed E-state index contributed by atoms with van der Waals surface area (Å²) >= 11 is 0. The maximum Gasteiger partial charge on any atom is 0.144 e. The van der Waals surface area contributed by atoms with Crippen LogP contribution in [-0.2, 0) is 7.05 Å². The van der Waals surface area contributed by atoms with Crippen LogP contribution < -0.4 is 4.74 Å². The van der Waals surface area contributed by atoms with Crippen LogP contribution in [0.1, 0.15) is 11.4 Å². The van der Waals surface area contributed by atoms with Crippen LogP contribution in [0.15, 0.2) is 18.7 Å². The highest BCUT2D eigenvalue weighted by Crippen LogP contribution is 2.28. The Labute approximate surface area is 89.0 Å². The first-order valence-electron chi connectivity index (χ1n) is 4.81. The molecule has 0 aliphatic rings. The molecule has 0 bridgehead atoms. The van der Waals surface area contributed by atoms with Gasteiger partial charge in [0, 0.05) is 7.05 Å². The van der Waals surface area contributed by atoms with Gasteiger partial charge >= 0.3 is 0 Å². The topological polar surface area (TPSA) is 27.1 Å². The normalized spacial score (nSPS) is 10.6. The van der Waals surface area contributed by atoms with Crippen LogP contribution in [0, 0.1) is 6.92 Å². The van der Waals surface area contributed by atoms with Crippen LogP contribution in [0.5, 0.6) is 5.75 Å². The van der Waals surface area contributed by atoms with Gasteiger partial charge in [0.25, 0.3) is 0 Å². The van der Waals surface area contributed by atoms with Crippen LogP contribution in [0.3, 0.4) is 0 Å². The second-order valence-corrected chi connectivity index (χ2v) is 3.52. The van der Waals surface area contributed by atoms with E-state index in [9.17, 15) is 0 Å². The summed E-state index contributed by atoms with van der Waals surface area (Å²) in [6.45, 7) is 5.79. The molecule has 2 rings (SSSR count). The first kappa shape index (κ1) is 9.77. The Kier molecular flexibility index (Phi) is 2.23. The standard InChI is InChI=1S/C12H14N2O/c1-5-10-13-11-8(2)6-7-9(15-4)12(11)14(10)3/h5-7H,1H2,2-4H3. The van der Waals surface area contributed by atoms with Gasteiger partial charge in [-0.15, -0.1) is 0 Å². The monoisotopic (exact) mass is 202 g/mol. The predicted molar refractivity (Wildman–Crippen MR) is 62.1 cm³/mol. The molecule has 0 amide bonds. The number of imidazole rings is 1. The molecule has 3 nitrogen and oxygen atoms in total. The van der Waals surface area contributed by atoms with E-state index < -0.39 is 0 Å². The molecule has 0 saturated heterocycles. The molecule has 0 saturated carbocycles. The Bertz CT molecular complexity index is 526. The van der Waals surface area contributed by atoms with Gasteiger partial charge < -0.3 is 9.30 Å². The molecule has 3 heteroatoms. The van der Waals surface area contributed by atoms with Gasteiger partial charge in [-0.2, -0.15) is 0 Å². The molecule has 0 unspecified atom stereocenters. The Morgan fingerprint density at radius 1 is 1.47 bits per heavy atom. The highest BCUT2D eigenvalue weighted by molar-refractivity contribution is 5.86. The predicted octanol–water partition coefficient (Wildman–Crippen LogP) is 2.53. The lowest BCUT2D eigenvalue weighted by Gasteiger charge is -2.05. The summed E-state index contributed by atoms with van der Waals surface area (Å²) in [4.78, 5) is 4.50. The second kappa shape index (κ2) is 3.42. The minimum absolute atomic E-state index is 0.846. The van der Waals surface area contributed by atoms with Crippen molar-refractivity contribution in [1.29, 1.82) is 0 Å². The van der Waals surface area contributed by atoms with Crippen LogP contribution in [0.4, 0.5) is 0 Å². The molecule has 0 aliphatic carbocycles. The Morgan fingerprint density at radius 3 is 2.80 bits per heavy atom. The molecule has 0 spiro atoms. The highest BCUT2D eigenvalue weighted by Gasteiger charge is 2.11. The quantitative estimate of drug-likeness (QED) is 0.748. The summed E-state index contributed by atoms with van der Waals surface area (Å²) < 4.78 is 7.32. The van der Waals surface area contributed by atoms with Crippen molar-refractivity contribution in [2.75, 3.05) is 7.11 Å². The van der Waals surface area contributed by atoms with E-state index >= 15 is 0 Å². The zero-order chi connectivity index (χ0) is 11.0. The minimum Gasteiger partial charge on any atom is -0.494 e. The summed E-state index contributed by atoms with van der Waals surface area (Å²) in [6, 6.07) is 3.98. The molecule has 1 aromatic heterocycles. The fourth-order valence-electron chi connectivity index (χ4n) is 1.78. The van der Waals surface area contributed by atoms with E-state index in [-0.39, 0.29) is 0 Å². The fraction of sp³-hybridized carbons (Fsp3) is 0.250. The van der Waals surface area contributed by atoms with E-state index in [0.29, 0.717) is 0 Å². The van der Waals surface area contributed by atoms with Crippen LogP contribution in [0.25, 0.3) is 17.1 Å². The largest absolute Gasteiger partial charge is 0.494 e. The summed E-state index contributed by atoms with van der Waals surface area (Å²) in [7, 11) is 3.64. The third-order valence-corrected chi connectivity index (χ3v) is 2.62. The molecule has 0 radical (unpaired) electrons. The van der Waals surface area contributed by atoms with Crippen molar-refractivity contribution in [2.45, 2.75) is 6.92 Å². The van der Waals surface area contributed by atoms with Crippen molar-refractivity contribution in [3.63, 3.8) is 0 Å². The van der Waals surface area contributed by atoms with Gasteiger partial charge in [-0.3, -0.25) is 0 Å². The van der Waals surface area contributed by atoms with Gasteiger partial charge in [0.05, 0.1) is 12.6 Å².